The molecule has 0 aromatic heterocycles. The first kappa shape index (κ1) is 26.3. The number of amides is 3. The molecule has 2 bridgehead atoms. The zero-order valence-electron chi connectivity index (χ0n) is 20.7. The molecule has 3 fully saturated rings. The van der Waals surface area contributed by atoms with Crippen LogP contribution in [0.2, 0.25) is 5.02 Å². The highest BCUT2D eigenvalue weighted by molar-refractivity contribution is 8.02. The van der Waals surface area contributed by atoms with Crippen LogP contribution in [0.25, 0.3) is 0 Å². The summed E-state index contributed by atoms with van der Waals surface area (Å²) < 4.78 is -0.647. The smallest absolute Gasteiger partial charge is 0.248 e. The quantitative estimate of drug-likeness (QED) is 0.408. The van der Waals surface area contributed by atoms with Crippen LogP contribution in [0.1, 0.15) is 51.5 Å². The van der Waals surface area contributed by atoms with E-state index in [1.165, 1.54) is 0 Å². The Morgan fingerprint density at radius 2 is 2.03 bits per heavy atom. The molecule has 192 valence electrons. The molecule has 3 aliphatic rings. The number of anilines is 1. The number of thioether (sulfide) groups is 1. The minimum absolute atomic E-state index is 0.0321. The lowest BCUT2D eigenvalue weighted by Crippen LogP contribution is -2.55. The molecule has 1 aromatic rings. The number of nitrogens with one attached hydrogen (secondary N) is 2. The number of aliphatic hydroxyl groups excluding tert-OH is 1. The number of nitrogens with zero attached hydrogens (tertiary/aromatic N) is 1. The molecule has 3 aliphatic heterocycles. The number of unbranched alkanes of at least 4 members (excludes halogenated alkanes) is 2. The highest BCUT2D eigenvalue weighted by atomic mass is 35.5. The van der Waals surface area contributed by atoms with Gasteiger partial charge in [0.15, 0.2) is 0 Å². The first-order valence-electron chi connectivity index (χ1n) is 12.7. The number of aliphatic hydroxyl groups is 1. The Kier molecular flexibility index (Phi) is 8.03. The predicted octanol–water partition coefficient (Wildman–Crippen LogP) is 3.61. The average molecular weight is 522 g/mol. The molecule has 6 atom stereocenters. The zero-order valence-corrected chi connectivity index (χ0v) is 22.3. The van der Waals surface area contributed by atoms with Crippen LogP contribution in [0, 0.1) is 24.7 Å². The molecule has 35 heavy (non-hydrogen) atoms. The summed E-state index contributed by atoms with van der Waals surface area (Å²) in [5, 5.41) is 15.7. The monoisotopic (exact) mass is 521 g/mol. The van der Waals surface area contributed by atoms with E-state index in [9.17, 15) is 19.5 Å². The summed E-state index contributed by atoms with van der Waals surface area (Å²) in [4.78, 5) is 42.8. The number of benzene rings is 1. The highest BCUT2D eigenvalue weighted by Crippen LogP contribution is 2.68. The van der Waals surface area contributed by atoms with Crippen LogP contribution in [0.5, 0.6) is 0 Å². The van der Waals surface area contributed by atoms with E-state index in [-0.39, 0.29) is 35.5 Å². The molecular weight excluding hydrogens is 486 g/mol. The number of fused-ring (bicyclic) bond motifs is 1. The highest BCUT2D eigenvalue weighted by Gasteiger charge is 2.75. The zero-order chi connectivity index (χ0) is 25.3. The third-order valence-electron chi connectivity index (χ3n) is 7.87. The molecular formula is C26H36ClN3O4S. The fourth-order valence-electron chi connectivity index (χ4n) is 6.28. The lowest BCUT2D eigenvalue weighted by molar-refractivity contribution is -0.139. The second-order valence-electron chi connectivity index (χ2n) is 10.1. The van der Waals surface area contributed by atoms with Gasteiger partial charge in [-0.05, 0) is 56.6 Å². The minimum atomic E-state index is -0.682. The lowest BCUT2D eigenvalue weighted by Gasteiger charge is -2.38. The first-order chi connectivity index (χ1) is 16.8. The first-order valence-corrected chi connectivity index (χ1v) is 14.0. The van der Waals surface area contributed by atoms with Gasteiger partial charge in [0.25, 0.3) is 0 Å². The molecule has 1 spiro atoms. The number of hydrogen-bond acceptors (Lipinski definition) is 5. The van der Waals surface area contributed by atoms with Gasteiger partial charge in [-0.3, -0.25) is 14.4 Å². The van der Waals surface area contributed by atoms with E-state index < -0.39 is 22.6 Å². The van der Waals surface area contributed by atoms with Gasteiger partial charge in [-0.15, -0.1) is 11.8 Å². The van der Waals surface area contributed by atoms with Crippen LogP contribution in [0.15, 0.2) is 18.2 Å². The number of aryl methyl sites for hydroxylation is 1. The number of carbonyl (C=O) groups excluding carboxylic acids is 3. The fourth-order valence-corrected chi connectivity index (χ4v) is 8.97. The van der Waals surface area contributed by atoms with Crippen LogP contribution >= 0.6 is 23.4 Å². The predicted molar refractivity (Wildman–Crippen MR) is 139 cm³/mol. The Hall–Kier alpha value is -1.77. The van der Waals surface area contributed by atoms with E-state index in [0.29, 0.717) is 36.6 Å². The van der Waals surface area contributed by atoms with Crippen molar-refractivity contribution in [2.45, 2.75) is 68.9 Å². The number of likely N-dealkylation sites (tertiary alicyclic amines) is 1. The van der Waals surface area contributed by atoms with Gasteiger partial charge in [0.2, 0.25) is 17.7 Å². The van der Waals surface area contributed by atoms with Gasteiger partial charge in [-0.2, -0.15) is 0 Å². The maximum atomic E-state index is 14.0. The van der Waals surface area contributed by atoms with E-state index in [0.717, 1.165) is 24.8 Å². The third-order valence-corrected chi connectivity index (χ3v) is 10.3. The summed E-state index contributed by atoms with van der Waals surface area (Å²) >= 11 is 8.09. The second-order valence-corrected chi connectivity index (χ2v) is 12.0. The molecule has 3 amide bonds. The van der Waals surface area contributed by atoms with Gasteiger partial charge >= 0.3 is 0 Å². The van der Waals surface area contributed by atoms with Gasteiger partial charge in [0.05, 0.1) is 27.3 Å². The number of halogens is 1. The number of carbonyl (C=O) groups is 3. The van der Waals surface area contributed by atoms with Gasteiger partial charge in [-0.25, -0.2) is 0 Å². The van der Waals surface area contributed by atoms with Gasteiger partial charge in [-0.1, -0.05) is 37.6 Å². The van der Waals surface area contributed by atoms with Crippen LogP contribution in [0.4, 0.5) is 5.69 Å². The SMILES string of the molecule is CCCNC(=O)[C@@H]1[C@H]2C(=O)N(CCCCCO)C(C(=O)Nc3c(C)cccc3Cl)C23S[C@@H]1CC3C. The van der Waals surface area contributed by atoms with Crippen molar-refractivity contribution in [3.8, 4) is 0 Å². The van der Waals surface area contributed by atoms with Crippen molar-refractivity contribution in [2.24, 2.45) is 17.8 Å². The van der Waals surface area contributed by atoms with Crippen molar-refractivity contribution in [3.05, 3.63) is 28.8 Å². The summed E-state index contributed by atoms with van der Waals surface area (Å²) in [6, 6.07) is 4.79. The molecule has 3 N–H and O–H groups in total. The molecule has 0 radical (unpaired) electrons. The molecule has 3 heterocycles. The van der Waals surface area contributed by atoms with E-state index in [4.69, 9.17) is 11.6 Å². The summed E-state index contributed by atoms with van der Waals surface area (Å²) in [7, 11) is 0. The molecule has 9 heteroatoms. The second kappa shape index (κ2) is 10.7. The van der Waals surface area contributed by atoms with E-state index >= 15 is 0 Å². The van der Waals surface area contributed by atoms with Gasteiger partial charge in [0, 0.05) is 24.9 Å². The Bertz CT molecular complexity index is 971. The molecule has 4 rings (SSSR count). The van der Waals surface area contributed by atoms with E-state index in [1.54, 1.807) is 22.7 Å². The van der Waals surface area contributed by atoms with E-state index in [2.05, 4.69) is 17.6 Å². The Morgan fingerprint density at radius 1 is 1.26 bits per heavy atom. The average Bonchev–Trinajstić information content (AvgIpc) is 3.41. The number of hydrogen-bond donors (Lipinski definition) is 3. The maximum absolute atomic E-state index is 14.0. The van der Waals surface area contributed by atoms with E-state index in [1.807, 2.05) is 26.0 Å². The Morgan fingerprint density at radius 3 is 2.71 bits per heavy atom. The Balaban J connectivity index is 1.69. The lowest BCUT2D eigenvalue weighted by atomic mass is 9.66. The topological polar surface area (TPSA) is 98.7 Å². The summed E-state index contributed by atoms with van der Waals surface area (Å²) in [5.41, 5.74) is 1.42. The number of rotatable bonds is 10. The standard InChI is InChI=1S/C26H36ClN3O4S/c1-4-11-28-23(32)19-18-14-16(3)26(35-18)20(19)25(34)30(12-6-5-7-13-31)22(26)24(33)29-21-15(2)9-8-10-17(21)27/h8-10,16,18-20,22,31H,4-7,11-14H2,1-3H3,(H,28,32)(H,29,33)/t16?,18-,19+,20+,22?,26?/m1/s1. The van der Waals surface area contributed by atoms with Gasteiger partial charge in [0.1, 0.15) is 6.04 Å². The van der Waals surface area contributed by atoms with Crippen LogP contribution < -0.4 is 10.6 Å². The maximum Gasteiger partial charge on any atom is 0.248 e. The van der Waals surface area contributed by atoms with Crippen molar-refractivity contribution in [1.82, 2.24) is 10.2 Å². The molecule has 1 aromatic carbocycles. The molecule has 0 aliphatic carbocycles. The number of para-hydroxylation sites is 1. The van der Waals surface area contributed by atoms with Crippen molar-refractivity contribution in [3.63, 3.8) is 0 Å². The van der Waals surface area contributed by atoms with Crippen molar-refractivity contribution < 1.29 is 19.5 Å². The molecule has 7 nitrogen and oxygen atoms in total. The van der Waals surface area contributed by atoms with Crippen LogP contribution in [0.3, 0.4) is 0 Å². The van der Waals surface area contributed by atoms with Crippen LogP contribution in [-0.2, 0) is 14.4 Å². The Labute approximate surface area is 216 Å². The van der Waals surface area contributed by atoms with Gasteiger partial charge < -0.3 is 20.6 Å². The normalized spacial score (nSPS) is 31.1. The third kappa shape index (κ3) is 4.46. The summed E-state index contributed by atoms with van der Waals surface area (Å²) in [6.45, 7) is 7.12. The fraction of sp³-hybridized carbons (Fsp3) is 0.654. The van der Waals surface area contributed by atoms with Crippen molar-refractivity contribution in [2.75, 3.05) is 25.0 Å². The molecule has 3 saturated heterocycles. The van der Waals surface area contributed by atoms with Crippen molar-refractivity contribution in [1.29, 1.82) is 0 Å². The minimum Gasteiger partial charge on any atom is -0.396 e. The summed E-state index contributed by atoms with van der Waals surface area (Å²) in [5.74, 6) is -1.22. The summed E-state index contributed by atoms with van der Waals surface area (Å²) in [6.07, 6.45) is 3.75. The largest absolute Gasteiger partial charge is 0.396 e. The molecule has 3 unspecified atom stereocenters. The van der Waals surface area contributed by atoms with Crippen LogP contribution in [-0.4, -0.2) is 63.5 Å². The van der Waals surface area contributed by atoms with Crippen molar-refractivity contribution >= 4 is 46.8 Å². The molecule has 0 saturated carbocycles.